The molecule has 0 radical (unpaired) electrons. The van der Waals surface area contributed by atoms with Gasteiger partial charge in [0.25, 0.3) is 0 Å². The van der Waals surface area contributed by atoms with Gasteiger partial charge in [0.2, 0.25) is 11.8 Å². The van der Waals surface area contributed by atoms with Crippen molar-refractivity contribution in [1.82, 2.24) is 10.6 Å². The molecule has 0 atom stereocenters. The molecule has 4 heteroatoms. The quantitative estimate of drug-likeness (QED) is 0.839. The molecule has 2 N–H and O–H groups in total. The van der Waals surface area contributed by atoms with Gasteiger partial charge in [-0.25, -0.2) is 0 Å². The first kappa shape index (κ1) is 15.8. The monoisotopic (exact) mass is 306 g/mol. The summed E-state index contributed by atoms with van der Waals surface area (Å²) in [6.45, 7) is 6.37. The van der Waals surface area contributed by atoms with Gasteiger partial charge in [-0.05, 0) is 77.0 Å². The Morgan fingerprint density at radius 1 is 1.00 bits per heavy atom. The Morgan fingerprint density at radius 3 is 1.95 bits per heavy atom. The van der Waals surface area contributed by atoms with Gasteiger partial charge in [-0.2, -0.15) is 0 Å². The number of carbonyl (C=O) groups excluding carboxylic acids is 2. The molecule has 4 aliphatic carbocycles. The molecular weight excluding hydrogens is 276 g/mol. The predicted molar refractivity (Wildman–Crippen MR) is 86.1 cm³/mol. The molecule has 0 aromatic carbocycles. The Balaban J connectivity index is 1.49. The molecule has 4 rings (SSSR count). The highest BCUT2D eigenvalue weighted by molar-refractivity contribution is 5.84. The lowest BCUT2D eigenvalue weighted by molar-refractivity contribution is -0.146. The zero-order valence-electron chi connectivity index (χ0n) is 14.2. The number of nitrogens with one attached hydrogen (secondary N) is 2. The van der Waals surface area contributed by atoms with E-state index in [9.17, 15) is 9.59 Å². The molecule has 0 heterocycles. The lowest BCUT2D eigenvalue weighted by Crippen LogP contribution is -2.54. The highest BCUT2D eigenvalue weighted by Gasteiger charge is 2.54. The van der Waals surface area contributed by atoms with Gasteiger partial charge in [-0.15, -0.1) is 0 Å². The fourth-order valence-corrected chi connectivity index (χ4v) is 5.35. The Morgan fingerprint density at radius 2 is 1.50 bits per heavy atom. The van der Waals surface area contributed by atoms with Crippen LogP contribution < -0.4 is 10.6 Å². The summed E-state index contributed by atoms with van der Waals surface area (Å²) in [4.78, 5) is 24.5. The van der Waals surface area contributed by atoms with Gasteiger partial charge < -0.3 is 10.6 Å². The second kappa shape index (κ2) is 5.54. The summed E-state index contributed by atoms with van der Waals surface area (Å²) in [5.74, 6) is 2.57. The molecule has 0 saturated heterocycles. The van der Waals surface area contributed by atoms with Gasteiger partial charge in [-0.1, -0.05) is 0 Å². The molecule has 4 aliphatic rings. The van der Waals surface area contributed by atoms with E-state index in [2.05, 4.69) is 10.6 Å². The molecule has 4 fully saturated rings. The van der Waals surface area contributed by atoms with E-state index in [0.717, 1.165) is 37.0 Å². The van der Waals surface area contributed by atoms with E-state index >= 15 is 0 Å². The molecular formula is C18H30N2O2. The van der Waals surface area contributed by atoms with Crippen LogP contribution in [-0.2, 0) is 9.59 Å². The standard InChI is InChI=1S/C18H30N2O2/c1-17(2,3)20-15(21)4-5-19-16(22)18-9-12-6-13(10-18)8-14(7-12)11-18/h12-14H,4-11H2,1-3H3,(H,19,22)(H,20,21). The molecule has 0 aliphatic heterocycles. The smallest absolute Gasteiger partial charge is 0.226 e. The third kappa shape index (κ3) is 3.31. The van der Waals surface area contributed by atoms with E-state index in [1.54, 1.807) is 0 Å². The van der Waals surface area contributed by atoms with E-state index in [1.807, 2.05) is 20.8 Å². The summed E-state index contributed by atoms with van der Waals surface area (Å²) in [6.07, 6.45) is 7.66. The van der Waals surface area contributed by atoms with E-state index < -0.39 is 0 Å². The number of carbonyl (C=O) groups is 2. The molecule has 4 bridgehead atoms. The number of rotatable bonds is 4. The van der Waals surface area contributed by atoms with Crippen LogP contribution in [-0.4, -0.2) is 23.9 Å². The second-order valence-corrected chi connectivity index (χ2v) is 9.00. The van der Waals surface area contributed by atoms with Crippen molar-refractivity contribution in [3.8, 4) is 0 Å². The summed E-state index contributed by atoms with van der Waals surface area (Å²) in [6, 6.07) is 0. The molecule has 0 spiro atoms. The first-order chi connectivity index (χ1) is 10.3. The van der Waals surface area contributed by atoms with Crippen LogP contribution in [0.1, 0.15) is 65.7 Å². The fraction of sp³-hybridized carbons (Fsp3) is 0.889. The molecule has 0 aromatic rings. The van der Waals surface area contributed by atoms with Gasteiger partial charge >= 0.3 is 0 Å². The maximum Gasteiger partial charge on any atom is 0.226 e. The minimum Gasteiger partial charge on any atom is -0.355 e. The third-order valence-corrected chi connectivity index (χ3v) is 5.67. The van der Waals surface area contributed by atoms with Crippen LogP contribution in [0.2, 0.25) is 0 Å². The van der Waals surface area contributed by atoms with E-state index in [-0.39, 0.29) is 22.8 Å². The average molecular weight is 306 g/mol. The van der Waals surface area contributed by atoms with Crippen LogP contribution >= 0.6 is 0 Å². The van der Waals surface area contributed by atoms with Crippen LogP contribution in [0.5, 0.6) is 0 Å². The highest BCUT2D eigenvalue weighted by atomic mass is 16.2. The van der Waals surface area contributed by atoms with Crippen molar-refractivity contribution < 1.29 is 9.59 Å². The SMILES string of the molecule is CC(C)(C)NC(=O)CCNC(=O)C12CC3CC(CC(C3)C1)C2. The van der Waals surface area contributed by atoms with E-state index in [1.165, 1.54) is 19.3 Å². The lowest BCUT2D eigenvalue weighted by Gasteiger charge is -2.55. The summed E-state index contributed by atoms with van der Waals surface area (Å²) >= 11 is 0. The van der Waals surface area contributed by atoms with Crippen molar-refractivity contribution in [3.63, 3.8) is 0 Å². The largest absolute Gasteiger partial charge is 0.355 e. The average Bonchev–Trinajstić information content (AvgIpc) is 2.34. The third-order valence-electron chi connectivity index (χ3n) is 5.67. The molecule has 2 amide bonds. The molecule has 4 saturated carbocycles. The number of amides is 2. The first-order valence-electron chi connectivity index (χ1n) is 8.85. The van der Waals surface area contributed by atoms with Crippen LogP contribution in [0.3, 0.4) is 0 Å². The molecule has 0 unspecified atom stereocenters. The Labute approximate surface area is 133 Å². The first-order valence-corrected chi connectivity index (χ1v) is 8.85. The minimum absolute atomic E-state index is 0.0123. The zero-order valence-corrected chi connectivity index (χ0v) is 14.2. The Hall–Kier alpha value is -1.06. The predicted octanol–water partition coefficient (Wildman–Crippen LogP) is 2.62. The van der Waals surface area contributed by atoms with Crippen molar-refractivity contribution in [1.29, 1.82) is 0 Å². The zero-order chi connectivity index (χ0) is 16.0. The molecule has 4 nitrogen and oxygen atoms in total. The minimum atomic E-state index is -0.207. The van der Waals surface area contributed by atoms with Crippen LogP contribution in [0, 0.1) is 23.2 Å². The van der Waals surface area contributed by atoms with Crippen molar-refractivity contribution in [2.75, 3.05) is 6.54 Å². The maximum absolute atomic E-state index is 12.7. The van der Waals surface area contributed by atoms with Crippen LogP contribution in [0.4, 0.5) is 0 Å². The summed E-state index contributed by atoms with van der Waals surface area (Å²) in [7, 11) is 0. The van der Waals surface area contributed by atoms with E-state index in [0.29, 0.717) is 13.0 Å². The highest BCUT2D eigenvalue weighted by Crippen LogP contribution is 2.60. The maximum atomic E-state index is 12.7. The van der Waals surface area contributed by atoms with Crippen molar-refractivity contribution in [2.24, 2.45) is 23.2 Å². The van der Waals surface area contributed by atoms with Gasteiger partial charge in [-0.3, -0.25) is 9.59 Å². The van der Waals surface area contributed by atoms with Gasteiger partial charge in [0.05, 0.1) is 0 Å². The summed E-state index contributed by atoms with van der Waals surface area (Å²) < 4.78 is 0. The second-order valence-electron chi connectivity index (χ2n) is 9.00. The number of hydrogen-bond acceptors (Lipinski definition) is 2. The van der Waals surface area contributed by atoms with Gasteiger partial charge in [0.1, 0.15) is 0 Å². The normalized spacial score (nSPS) is 36.2. The van der Waals surface area contributed by atoms with Gasteiger partial charge in [0, 0.05) is 23.9 Å². The summed E-state index contributed by atoms with van der Waals surface area (Å²) in [5, 5.41) is 5.99. The Bertz CT molecular complexity index is 429. The molecule has 124 valence electrons. The van der Waals surface area contributed by atoms with E-state index in [4.69, 9.17) is 0 Å². The van der Waals surface area contributed by atoms with Crippen molar-refractivity contribution >= 4 is 11.8 Å². The Kier molecular flexibility index (Phi) is 3.98. The van der Waals surface area contributed by atoms with Crippen molar-refractivity contribution in [2.45, 2.75) is 71.3 Å². The molecule has 22 heavy (non-hydrogen) atoms. The lowest BCUT2D eigenvalue weighted by atomic mass is 9.49. The topological polar surface area (TPSA) is 58.2 Å². The molecule has 0 aromatic heterocycles. The van der Waals surface area contributed by atoms with Crippen LogP contribution in [0.15, 0.2) is 0 Å². The van der Waals surface area contributed by atoms with Gasteiger partial charge in [0.15, 0.2) is 0 Å². The fourth-order valence-electron chi connectivity index (χ4n) is 5.35. The number of hydrogen-bond donors (Lipinski definition) is 2. The van der Waals surface area contributed by atoms with Crippen LogP contribution in [0.25, 0.3) is 0 Å². The summed E-state index contributed by atoms with van der Waals surface area (Å²) in [5.41, 5.74) is -0.309. The van der Waals surface area contributed by atoms with Crippen molar-refractivity contribution in [3.05, 3.63) is 0 Å².